The lowest BCUT2D eigenvalue weighted by Crippen LogP contribution is -2.09. The molecule has 15 heavy (non-hydrogen) atoms. The van der Waals surface area contributed by atoms with Crippen LogP contribution in [0.15, 0.2) is 34.4 Å². The lowest BCUT2D eigenvalue weighted by molar-refractivity contribution is 0.415. The summed E-state index contributed by atoms with van der Waals surface area (Å²) in [6, 6.07) is 6.76. The molecule has 0 fully saturated rings. The summed E-state index contributed by atoms with van der Waals surface area (Å²) in [7, 11) is 1.55. The molecule has 2 rings (SSSR count). The number of benzene rings is 1. The molecule has 0 amide bonds. The van der Waals surface area contributed by atoms with Crippen LogP contribution in [0, 0.1) is 0 Å². The van der Waals surface area contributed by atoms with E-state index in [1.807, 2.05) is 0 Å². The van der Waals surface area contributed by atoms with Crippen molar-refractivity contribution >= 4 is 23.1 Å². The van der Waals surface area contributed by atoms with Gasteiger partial charge in [0.05, 0.1) is 17.8 Å². The largest absolute Gasteiger partial charge is 0.495 e. The highest BCUT2D eigenvalue weighted by atomic mass is 35.5. The normalized spacial score (nSPS) is 10.3. The van der Waals surface area contributed by atoms with E-state index in [-0.39, 0.29) is 5.56 Å². The molecule has 0 atom stereocenters. The average Bonchev–Trinajstić information content (AvgIpc) is 2.64. The van der Waals surface area contributed by atoms with E-state index in [4.69, 9.17) is 16.3 Å². The van der Waals surface area contributed by atoms with Gasteiger partial charge in [-0.05, 0) is 18.2 Å². The summed E-state index contributed by atoms with van der Waals surface area (Å²) in [6.07, 6.45) is 0. The topological polar surface area (TPSA) is 31.2 Å². The molecule has 1 aromatic heterocycles. The summed E-state index contributed by atoms with van der Waals surface area (Å²) >= 11 is 7.29. The Bertz CT molecular complexity index is 532. The number of halogens is 1. The molecule has 0 aliphatic carbocycles. The van der Waals surface area contributed by atoms with Crippen molar-refractivity contribution in [1.29, 1.82) is 0 Å². The standard InChI is InChI=1S/C10H8ClNO2S/c1-14-9-3-2-7(6-8(9)11)12-10(13)4-5-15-12/h2-6H,1H3. The minimum atomic E-state index is -0.0544. The average molecular weight is 242 g/mol. The molecule has 0 N–H and O–H groups in total. The number of rotatable bonds is 2. The van der Waals surface area contributed by atoms with E-state index < -0.39 is 0 Å². The SMILES string of the molecule is COc1ccc(-n2sccc2=O)cc1Cl. The molecule has 2 aromatic rings. The molecule has 1 heterocycles. The van der Waals surface area contributed by atoms with E-state index in [9.17, 15) is 4.79 Å². The summed E-state index contributed by atoms with van der Waals surface area (Å²) in [5, 5.41) is 2.23. The van der Waals surface area contributed by atoms with Crippen LogP contribution in [0.25, 0.3) is 5.69 Å². The molecule has 5 heteroatoms. The van der Waals surface area contributed by atoms with Crippen LogP contribution in [0.4, 0.5) is 0 Å². The van der Waals surface area contributed by atoms with Crippen LogP contribution < -0.4 is 10.3 Å². The molecule has 3 nitrogen and oxygen atoms in total. The van der Waals surface area contributed by atoms with Gasteiger partial charge >= 0.3 is 0 Å². The fourth-order valence-corrected chi connectivity index (χ4v) is 2.19. The zero-order valence-electron chi connectivity index (χ0n) is 7.94. The van der Waals surface area contributed by atoms with Gasteiger partial charge in [-0.15, -0.1) is 0 Å². The van der Waals surface area contributed by atoms with Gasteiger partial charge in [-0.1, -0.05) is 23.1 Å². The Kier molecular flexibility index (Phi) is 2.79. The monoisotopic (exact) mass is 241 g/mol. The number of ether oxygens (including phenoxy) is 1. The molecule has 0 saturated carbocycles. The van der Waals surface area contributed by atoms with Crippen LogP contribution in [-0.4, -0.2) is 11.1 Å². The first-order chi connectivity index (χ1) is 7.22. The quantitative estimate of drug-likeness (QED) is 0.809. The summed E-state index contributed by atoms with van der Waals surface area (Å²) in [5.74, 6) is 0.602. The van der Waals surface area contributed by atoms with Gasteiger partial charge in [0, 0.05) is 11.4 Å². The zero-order chi connectivity index (χ0) is 10.8. The van der Waals surface area contributed by atoms with Gasteiger partial charge in [0.2, 0.25) is 0 Å². The van der Waals surface area contributed by atoms with Crippen LogP contribution in [0.3, 0.4) is 0 Å². The Morgan fingerprint density at radius 2 is 2.20 bits per heavy atom. The van der Waals surface area contributed by atoms with Crippen molar-refractivity contribution < 1.29 is 4.74 Å². The van der Waals surface area contributed by atoms with Crippen molar-refractivity contribution in [3.8, 4) is 11.4 Å². The van der Waals surface area contributed by atoms with Gasteiger partial charge < -0.3 is 4.74 Å². The number of methoxy groups -OCH3 is 1. The minimum Gasteiger partial charge on any atom is -0.495 e. The van der Waals surface area contributed by atoms with E-state index in [1.165, 1.54) is 17.6 Å². The minimum absolute atomic E-state index is 0.0544. The first-order valence-corrected chi connectivity index (χ1v) is 5.45. The maximum atomic E-state index is 11.4. The Balaban J connectivity index is 2.52. The maximum absolute atomic E-state index is 11.4. The van der Waals surface area contributed by atoms with Crippen molar-refractivity contribution in [1.82, 2.24) is 3.96 Å². The third-order valence-corrected chi connectivity index (χ3v) is 3.10. The van der Waals surface area contributed by atoms with Gasteiger partial charge in [0.1, 0.15) is 5.75 Å². The second-order valence-corrected chi connectivity index (χ2v) is 4.11. The number of aromatic nitrogens is 1. The molecule has 0 saturated heterocycles. The third kappa shape index (κ3) is 1.91. The van der Waals surface area contributed by atoms with Crippen molar-refractivity contribution in [2.75, 3.05) is 7.11 Å². The predicted octanol–water partition coefficient (Wildman–Crippen LogP) is 2.56. The van der Waals surface area contributed by atoms with Crippen LogP contribution in [0.5, 0.6) is 5.75 Å². The molecule has 78 valence electrons. The second-order valence-electron chi connectivity index (χ2n) is 2.86. The number of hydrogen-bond donors (Lipinski definition) is 0. The highest BCUT2D eigenvalue weighted by Crippen LogP contribution is 2.26. The lowest BCUT2D eigenvalue weighted by Gasteiger charge is -2.05. The number of nitrogens with zero attached hydrogens (tertiary/aromatic N) is 1. The molecule has 0 unspecified atom stereocenters. The van der Waals surface area contributed by atoms with Gasteiger partial charge in [-0.2, -0.15) is 0 Å². The molecule has 1 aromatic carbocycles. The van der Waals surface area contributed by atoms with Crippen LogP contribution in [0.2, 0.25) is 5.02 Å². The van der Waals surface area contributed by atoms with Crippen molar-refractivity contribution in [3.63, 3.8) is 0 Å². The molecule has 0 aliphatic rings. The Morgan fingerprint density at radius 3 is 2.73 bits per heavy atom. The van der Waals surface area contributed by atoms with E-state index in [2.05, 4.69) is 0 Å². The zero-order valence-corrected chi connectivity index (χ0v) is 9.51. The summed E-state index contributed by atoms with van der Waals surface area (Å²) in [4.78, 5) is 11.4. The van der Waals surface area contributed by atoms with Crippen LogP contribution >= 0.6 is 23.1 Å². The van der Waals surface area contributed by atoms with Crippen molar-refractivity contribution in [2.45, 2.75) is 0 Å². The van der Waals surface area contributed by atoms with Gasteiger partial charge in [-0.25, -0.2) is 3.96 Å². The van der Waals surface area contributed by atoms with Crippen molar-refractivity contribution in [3.05, 3.63) is 45.0 Å². The molecule has 0 aliphatic heterocycles. The fraction of sp³-hybridized carbons (Fsp3) is 0.100. The first kappa shape index (κ1) is 10.3. The predicted molar refractivity (Wildman–Crippen MR) is 61.5 cm³/mol. The summed E-state index contributed by atoms with van der Waals surface area (Å²) < 4.78 is 6.59. The van der Waals surface area contributed by atoms with E-state index >= 15 is 0 Å². The molecule has 0 bridgehead atoms. The lowest BCUT2D eigenvalue weighted by atomic mass is 10.3. The Hall–Kier alpha value is -1.26. The molecular weight excluding hydrogens is 234 g/mol. The summed E-state index contributed by atoms with van der Waals surface area (Å²) in [6.45, 7) is 0. The van der Waals surface area contributed by atoms with E-state index in [0.717, 1.165) is 5.69 Å². The molecular formula is C10H8ClNO2S. The molecule has 0 radical (unpaired) electrons. The maximum Gasteiger partial charge on any atom is 0.265 e. The van der Waals surface area contributed by atoms with Crippen LogP contribution in [0.1, 0.15) is 0 Å². The van der Waals surface area contributed by atoms with Crippen LogP contribution in [-0.2, 0) is 0 Å². The third-order valence-electron chi connectivity index (χ3n) is 1.95. The highest BCUT2D eigenvalue weighted by Gasteiger charge is 2.05. The second kappa shape index (κ2) is 4.08. The summed E-state index contributed by atoms with van der Waals surface area (Å²) in [5.41, 5.74) is 0.696. The highest BCUT2D eigenvalue weighted by molar-refractivity contribution is 7.04. The van der Waals surface area contributed by atoms with E-state index in [0.29, 0.717) is 10.8 Å². The number of hydrogen-bond acceptors (Lipinski definition) is 3. The Morgan fingerprint density at radius 1 is 1.40 bits per heavy atom. The molecule has 0 spiro atoms. The van der Waals surface area contributed by atoms with Gasteiger partial charge in [-0.3, -0.25) is 4.79 Å². The first-order valence-electron chi connectivity index (χ1n) is 4.23. The van der Waals surface area contributed by atoms with Crippen molar-refractivity contribution in [2.24, 2.45) is 0 Å². The fourth-order valence-electron chi connectivity index (χ4n) is 1.24. The smallest absolute Gasteiger partial charge is 0.265 e. The van der Waals surface area contributed by atoms with Gasteiger partial charge in [0.15, 0.2) is 0 Å². The van der Waals surface area contributed by atoms with E-state index in [1.54, 1.807) is 34.6 Å². The Labute approximate surface area is 95.6 Å². The van der Waals surface area contributed by atoms with Gasteiger partial charge in [0.25, 0.3) is 5.56 Å².